The molecule has 0 aromatic carbocycles. The standard InChI is InChI=1S/C13H23N3OS/c1-9(2)12-11(8-14)18-13(15-12)16(6-7-17-3)10-4-5-10/h9-10H,4-8,14H2,1-3H3. The number of thiazole rings is 1. The van der Waals surface area contributed by atoms with Crippen molar-refractivity contribution in [3.8, 4) is 0 Å². The van der Waals surface area contributed by atoms with Gasteiger partial charge < -0.3 is 15.4 Å². The Bertz CT molecular complexity index is 388. The Morgan fingerprint density at radius 1 is 1.50 bits per heavy atom. The zero-order valence-corrected chi connectivity index (χ0v) is 12.3. The zero-order valence-electron chi connectivity index (χ0n) is 11.5. The fourth-order valence-corrected chi connectivity index (χ4v) is 3.27. The number of hydrogen-bond donors (Lipinski definition) is 1. The summed E-state index contributed by atoms with van der Waals surface area (Å²) in [5.74, 6) is 0.442. The van der Waals surface area contributed by atoms with Crippen molar-refractivity contribution in [3.63, 3.8) is 0 Å². The average Bonchev–Trinajstić information content (AvgIpc) is 3.08. The first-order valence-corrected chi connectivity index (χ1v) is 7.44. The van der Waals surface area contributed by atoms with E-state index in [-0.39, 0.29) is 0 Å². The van der Waals surface area contributed by atoms with E-state index in [0.29, 0.717) is 18.5 Å². The Morgan fingerprint density at radius 2 is 2.22 bits per heavy atom. The van der Waals surface area contributed by atoms with Crippen molar-refractivity contribution < 1.29 is 4.74 Å². The van der Waals surface area contributed by atoms with Crippen LogP contribution in [-0.2, 0) is 11.3 Å². The van der Waals surface area contributed by atoms with Crippen molar-refractivity contribution in [2.24, 2.45) is 5.73 Å². The van der Waals surface area contributed by atoms with Crippen molar-refractivity contribution in [1.29, 1.82) is 0 Å². The molecule has 0 spiro atoms. The molecular weight excluding hydrogens is 246 g/mol. The van der Waals surface area contributed by atoms with Crippen LogP contribution >= 0.6 is 11.3 Å². The molecule has 0 bridgehead atoms. The van der Waals surface area contributed by atoms with Crippen LogP contribution in [-0.4, -0.2) is 31.3 Å². The largest absolute Gasteiger partial charge is 0.383 e. The number of nitrogens with two attached hydrogens (primary N) is 1. The fourth-order valence-electron chi connectivity index (χ4n) is 2.08. The minimum atomic E-state index is 0.442. The van der Waals surface area contributed by atoms with E-state index < -0.39 is 0 Å². The lowest BCUT2D eigenvalue weighted by Gasteiger charge is -2.20. The van der Waals surface area contributed by atoms with E-state index >= 15 is 0 Å². The smallest absolute Gasteiger partial charge is 0.186 e. The number of aromatic nitrogens is 1. The maximum atomic E-state index is 5.82. The molecule has 2 N–H and O–H groups in total. The van der Waals surface area contributed by atoms with E-state index in [1.807, 2.05) is 0 Å². The molecule has 1 aliphatic rings. The lowest BCUT2D eigenvalue weighted by Crippen LogP contribution is -2.29. The van der Waals surface area contributed by atoms with Crippen molar-refractivity contribution in [2.45, 2.75) is 45.2 Å². The molecular formula is C13H23N3OS. The first-order valence-electron chi connectivity index (χ1n) is 6.62. The Morgan fingerprint density at radius 3 is 2.67 bits per heavy atom. The van der Waals surface area contributed by atoms with Crippen LogP contribution in [0.25, 0.3) is 0 Å². The lowest BCUT2D eigenvalue weighted by molar-refractivity contribution is 0.205. The van der Waals surface area contributed by atoms with Crippen LogP contribution in [0.5, 0.6) is 0 Å². The lowest BCUT2D eigenvalue weighted by atomic mass is 10.1. The molecule has 1 aliphatic carbocycles. The summed E-state index contributed by atoms with van der Waals surface area (Å²) in [5, 5.41) is 1.12. The molecule has 1 heterocycles. The zero-order chi connectivity index (χ0) is 13.1. The summed E-state index contributed by atoms with van der Waals surface area (Å²) in [6.45, 7) is 6.62. The second-order valence-corrected chi connectivity index (χ2v) is 6.14. The molecule has 18 heavy (non-hydrogen) atoms. The monoisotopic (exact) mass is 269 g/mol. The van der Waals surface area contributed by atoms with Gasteiger partial charge in [0, 0.05) is 31.1 Å². The molecule has 0 radical (unpaired) electrons. The van der Waals surface area contributed by atoms with Crippen LogP contribution in [0.1, 0.15) is 43.2 Å². The van der Waals surface area contributed by atoms with Gasteiger partial charge in [-0.3, -0.25) is 0 Å². The van der Waals surface area contributed by atoms with Gasteiger partial charge in [-0.1, -0.05) is 13.8 Å². The summed E-state index contributed by atoms with van der Waals surface area (Å²) in [6.07, 6.45) is 2.55. The van der Waals surface area contributed by atoms with Crippen LogP contribution in [0.15, 0.2) is 0 Å². The fraction of sp³-hybridized carbons (Fsp3) is 0.769. The third kappa shape index (κ3) is 3.02. The summed E-state index contributed by atoms with van der Waals surface area (Å²) in [5.41, 5.74) is 6.99. The molecule has 2 rings (SSSR count). The van der Waals surface area contributed by atoms with E-state index in [4.69, 9.17) is 15.5 Å². The Hall–Kier alpha value is -0.650. The van der Waals surface area contributed by atoms with Crippen LogP contribution in [0.4, 0.5) is 5.13 Å². The molecule has 5 heteroatoms. The van der Waals surface area contributed by atoms with Crippen molar-refractivity contribution >= 4 is 16.5 Å². The van der Waals surface area contributed by atoms with E-state index in [0.717, 1.165) is 18.3 Å². The van der Waals surface area contributed by atoms with Gasteiger partial charge in [0.05, 0.1) is 12.3 Å². The van der Waals surface area contributed by atoms with Gasteiger partial charge in [0.25, 0.3) is 0 Å². The predicted octanol–water partition coefficient (Wildman–Crippen LogP) is 2.34. The Balaban J connectivity index is 2.18. The van der Waals surface area contributed by atoms with Crippen LogP contribution in [0.3, 0.4) is 0 Å². The summed E-state index contributed by atoms with van der Waals surface area (Å²) >= 11 is 1.75. The highest BCUT2D eigenvalue weighted by Crippen LogP contribution is 2.36. The Labute approximate surface area is 113 Å². The van der Waals surface area contributed by atoms with E-state index in [1.54, 1.807) is 18.4 Å². The third-order valence-corrected chi connectivity index (χ3v) is 4.35. The number of nitrogens with zero attached hydrogens (tertiary/aromatic N) is 2. The quantitative estimate of drug-likeness (QED) is 0.825. The van der Waals surface area contributed by atoms with E-state index in [1.165, 1.54) is 23.4 Å². The summed E-state index contributed by atoms with van der Waals surface area (Å²) in [6, 6.07) is 0.664. The molecule has 0 atom stereocenters. The molecule has 102 valence electrons. The van der Waals surface area contributed by atoms with Crippen LogP contribution in [0, 0.1) is 0 Å². The van der Waals surface area contributed by atoms with Gasteiger partial charge in [0.15, 0.2) is 5.13 Å². The minimum absolute atomic E-state index is 0.442. The summed E-state index contributed by atoms with van der Waals surface area (Å²) in [4.78, 5) is 8.42. The average molecular weight is 269 g/mol. The van der Waals surface area contributed by atoms with E-state index in [2.05, 4.69) is 18.7 Å². The van der Waals surface area contributed by atoms with Gasteiger partial charge in [-0.2, -0.15) is 0 Å². The number of hydrogen-bond acceptors (Lipinski definition) is 5. The first kappa shape index (κ1) is 13.8. The number of methoxy groups -OCH3 is 1. The second-order valence-electron chi connectivity index (χ2n) is 5.08. The highest BCUT2D eigenvalue weighted by atomic mass is 32.1. The molecule has 0 unspecified atom stereocenters. The molecule has 1 saturated carbocycles. The van der Waals surface area contributed by atoms with Crippen LogP contribution in [0.2, 0.25) is 0 Å². The van der Waals surface area contributed by atoms with Gasteiger partial charge in [0.2, 0.25) is 0 Å². The van der Waals surface area contributed by atoms with Crippen LogP contribution < -0.4 is 10.6 Å². The van der Waals surface area contributed by atoms with Gasteiger partial charge in [0.1, 0.15) is 0 Å². The molecule has 1 aromatic heterocycles. The van der Waals surface area contributed by atoms with Gasteiger partial charge >= 0.3 is 0 Å². The molecule has 1 fully saturated rings. The number of rotatable bonds is 7. The molecule has 0 amide bonds. The molecule has 1 aromatic rings. The van der Waals surface area contributed by atoms with Crippen molar-refractivity contribution in [3.05, 3.63) is 10.6 Å². The Kier molecular flexibility index (Phi) is 4.59. The predicted molar refractivity (Wildman–Crippen MR) is 76.3 cm³/mol. The minimum Gasteiger partial charge on any atom is -0.383 e. The highest BCUT2D eigenvalue weighted by molar-refractivity contribution is 7.15. The summed E-state index contributed by atoms with van der Waals surface area (Å²) in [7, 11) is 1.75. The topological polar surface area (TPSA) is 51.4 Å². The third-order valence-electron chi connectivity index (χ3n) is 3.22. The number of ether oxygens (including phenoxy) is 1. The first-order chi connectivity index (χ1) is 8.67. The number of anilines is 1. The maximum Gasteiger partial charge on any atom is 0.186 e. The molecule has 4 nitrogen and oxygen atoms in total. The van der Waals surface area contributed by atoms with Crippen molar-refractivity contribution in [1.82, 2.24) is 4.98 Å². The second kappa shape index (κ2) is 5.99. The highest BCUT2D eigenvalue weighted by Gasteiger charge is 2.31. The van der Waals surface area contributed by atoms with E-state index in [9.17, 15) is 0 Å². The summed E-state index contributed by atoms with van der Waals surface area (Å²) < 4.78 is 5.19. The normalized spacial score (nSPS) is 15.4. The SMILES string of the molecule is COCCN(c1nc(C(C)C)c(CN)s1)C1CC1. The maximum absolute atomic E-state index is 5.82. The van der Waals surface area contributed by atoms with Gasteiger partial charge in [-0.25, -0.2) is 4.98 Å². The molecule has 0 saturated heterocycles. The molecule has 0 aliphatic heterocycles. The van der Waals surface area contributed by atoms with Gasteiger partial charge in [-0.05, 0) is 18.8 Å². The van der Waals surface area contributed by atoms with Gasteiger partial charge in [-0.15, -0.1) is 11.3 Å². The van der Waals surface area contributed by atoms with Crippen molar-refractivity contribution in [2.75, 3.05) is 25.2 Å².